The summed E-state index contributed by atoms with van der Waals surface area (Å²) in [5, 5.41) is 0. The molecule has 0 aromatic heterocycles. The molecule has 18 heavy (non-hydrogen) atoms. The molecule has 1 nitrogen and oxygen atoms in total. The Morgan fingerprint density at radius 3 is 2.28 bits per heavy atom. The predicted molar refractivity (Wildman–Crippen MR) is 76.3 cm³/mol. The lowest BCUT2D eigenvalue weighted by molar-refractivity contribution is 0.202. The summed E-state index contributed by atoms with van der Waals surface area (Å²) in [6, 6.07) is 18.3. The second-order valence-electron chi connectivity index (χ2n) is 4.31. The smallest absolute Gasteiger partial charge is 0.125 e. The van der Waals surface area contributed by atoms with Crippen LogP contribution in [0.5, 0.6) is 5.75 Å². The van der Waals surface area contributed by atoms with Crippen LogP contribution in [0.3, 0.4) is 0 Å². The highest BCUT2D eigenvalue weighted by Crippen LogP contribution is 2.25. The number of ether oxygens (including phenoxy) is 1. The number of benzene rings is 2. The van der Waals surface area contributed by atoms with Gasteiger partial charge in [-0.2, -0.15) is 0 Å². The van der Waals surface area contributed by atoms with Crippen LogP contribution in [-0.4, -0.2) is 5.88 Å². The highest BCUT2D eigenvalue weighted by Gasteiger charge is 2.12. The summed E-state index contributed by atoms with van der Waals surface area (Å²) in [5.74, 6) is 1.47. The molecule has 0 radical (unpaired) electrons. The van der Waals surface area contributed by atoms with Gasteiger partial charge in [-0.25, -0.2) is 0 Å². The lowest BCUT2D eigenvalue weighted by atomic mass is 10.1. The fourth-order valence-corrected chi connectivity index (χ4v) is 2.04. The van der Waals surface area contributed by atoms with E-state index in [0.717, 1.165) is 12.2 Å². The first-order valence-corrected chi connectivity index (χ1v) is 6.67. The Kier molecular flexibility index (Phi) is 4.66. The van der Waals surface area contributed by atoms with E-state index in [-0.39, 0.29) is 6.10 Å². The minimum atomic E-state index is 0.0190. The first-order chi connectivity index (χ1) is 8.79. The van der Waals surface area contributed by atoms with Crippen molar-refractivity contribution in [2.75, 3.05) is 5.88 Å². The monoisotopic (exact) mass is 260 g/mol. The predicted octanol–water partition coefficient (Wildman–Crippen LogP) is 4.74. The van der Waals surface area contributed by atoms with Gasteiger partial charge in [0.1, 0.15) is 11.9 Å². The molecule has 0 heterocycles. The van der Waals surface area contributed by atoms with Crippen molar-refractivity contribution in [3.63, 3.8) is 0 Å². The third-order valence-electron chi connectivity index (χ3n) is 2.84. The number of halogens is 1. The Balaban J connectivity index is 2.15. The molecule has 0 aliphatic carbocycles. The summed E-state index contributed by atoms with van der Waals surface area (Å²) in [6.45, 7) is 2.08. The van der Waals surface area contributed by atoms with Crippen LogP contribution in [0, 0.1) is 6.92 Å². The van der Waals surface area contributed by atoms with Gasteiger partial charge in [0.25, 0.3) is 0 Å². The van der Waals surface area contributed by atoms with Gasteiger partial charge in [-0.15, -0.1) is 11.6 Å². The van der Waals surface area contributed by atoms with Gasteiger partial charge in [-0.1, -0.05) is 48.0 Å². The summed E-state index contributed by atoms with van der Waals surface area (Å²) in [6.07, 6.45) is 0.824. The maximum Gasteiger partial charge on any atom is 0.125 e. The third kappa shape index (κ3) is 3.51. The zero-order chi connectivity index (χ0) is 12.8. The second-order valence-corrected chi connectivity index (χ2v) is 4.69. The summed E-state index contributed by atoms with van der Waals surface area (Å²) in [7, 11) is 0. The number of alkyl halides is 1. The Morgan fingerprint density at radius 2 is 1.67 bits per heavy atom. The zero-order valence-electron chi connectivity index (χ0n) is 10.5. The van der Waals surface area contributed by atoms with Gasteiger partial charge in [-0.05, 0) is 24.6 Å². The Morgan fingerprint density at radius 1 is 1.00 bits per heavy atom. The molecule has 0 N–H and O–H groups in total. The van der Waals surface area contributed by atoms with Crippen molar-refractivity contribution >= 4 is 11.6 Å². The van der Waals surface area contributed by atoms with Crippen LogP contribution in [0.1, 0.15) is 23.7 Å². The summed E-state index contributed by atoms with van der Waals surface area (Å²) >= 11 is 5.86. The molecule has 0 amide bonds. The number of para-hydroxylation sites is 1. The normalized spacial score (nSPS) is 12.1. The van der Waals surface area contributed by atoms with Crippen molar-refractivity contribution in [2.45, 2.75) is 19.4 Å². The molecule has 2 aromatic rings. The highest BCUT2D eigenvalue weighted by atomic mass is 35.5. The van der Waals surface area contributed by atoms with Gasteiger partial charge in [-0.3, -0.25) is 0 Å². The van der Waals surface area contributed by atoms with Gasteiger partial charge in [0.15, 0.2) is 0 Å². The molecular formula is C16H17ClO. The van der Waals surface area contributed by atoms with Crippen LogP contribution in [0.25, 0.3) is 0 Å². The van der Waals surface area contributed by atoms with E-state index in [1.807, 2.05) is 30.3 Å². The van der Waals surface area contributed by atoms with Crippen LogP contribution in [0.2, 0.25) is 0 Å². The fraction of sp³-hybridized carbons (Fsp3) is 0.250. The molecule has 0 saturated heterocycles. The largest absolute Gasteiger partial charge is 0.486 e. The summed E-state index contributed by atoms with van der Waals surface area (Å²) < 4.78 is 6.00. The molecule has 94 valence electrons. The summed E-state index contributed by atoms with van der Waals surface area (Å²) in [4.78, 5) is 0. The van der Waals surface area contributed by atoms with Crippen LogP contribution in [0.4, 0.5) is 0 Å². The lowest BCUT2D eigenvalue weighted by Gasteiger charge is -2.18. The first kappa shape index (κ1) is 13.0. The average Bonchev–Trinajstić information content (AvgIpc) is 2.40. The molecule has 0 saturated carbocycles. The Labute approximate surface area is 113 Å². The maximum atomic E-state index is 6.00. The number of rotatable bonds is 5. The molecule has 0 unspecified atom stereocenters. The summed E-state index contributed by atoms with van der Waals surface area (Å²) in [5.41, 5.74) is 2.42. The van der Waals surface area contributed by atoms with Gasteiger partial charge in [0.05, 0.1) is 0 Å². The van der Waals surface area contributed by atoms with E-state index >= 15 is 0 Å². The molecule has 1 atom stereocenters. The molecular weight excluding hydrogens is 244 g/mol. The lowest BCUT2D eigenvalue weighted by Crippen LogP contribution is -2.08. The molecule has 0 fully saturated rings. The van der Waals surface area contributed by atoms with Crippen molar-refractivity contribution in [1.29, 1.82) is 0 Å². The van der Waals surface area contributed by atoms with E-state index in [0.29, 0.717) is 5.88 Å². The van der Waals surface area contributed by atoms with Gasteiger partial charge < -0.3 is 4.74 Å². The number of hydrogen-bond donors (Lipinski definition) is 0. The molecule has 0 aliphatic heterocycles. The Bertz CT molecular complexity index is 464. The third-order valence-corrected chi connectivity index (χ3v) is 3.06. The van der Waals surface area contributed by atoms with Crippen LogP contribution < -0.4 is 4.74 Å². The zero-order valence-corrected chi connectivity index (χ0v) is 11.2. The van der Waals surface area contributed by atoms with E-state index in [1.165, 1.54) is 11.1 Å². The minimum absolute atomic E-state index is 0.0190. The molecule has 2 aromatic carbocycles. The Hall–Kier alpha value is -1.47. The van der Waals surface area contributed by atoms with Crippen molar-refractivity contribution in [2.24, 2.45) is 0 Å². The average molecular weight is 261 g/mol. The quantitative estimate of drug-likeness (QED) is 0.706. The standard InChI is InChI=1S/C16H17ClO/c1-13-7-9-14(10-8-13)16(11-12-17)18-15-5-3-2-4-6-15/h2-10,16H,11-12H2,1H3/t16-/m0/s1. The van der Waals surface area contributed by atoms with Crippen LogP contribution >= 0.6 is 11.6 Å². The van der Waals surface area contributed by atoms with Gasteiger partial charge in [0, 0.05) is 12.3 Å². The van der Waals surface area contributed by atoms with Crippen LogP contribution in [-0.2, 0) is 0 Å². The SMILES string of the molecule is Cc1ccc([C@H](CCCl)Oc2ccccc2)cc1. The van der Waals surface area contributed by atoms with Crippen molar-refractivity contribution in [1.82, 2.24) is 0 Å². The first-order valence-electron chi connectivity index (χ1n) is 6.14. The van der Waals surface area contributed by atoms with E-state index in [2.05, 4.69) is 31.2 Å². The maximum absolute atomic E-state index is 6.00. The minimum Gasteiger partial charge on any atom is -0.486 e. The van der Waals surface area contributed by atoms with Crippen molar-refractivity contribution < 1.29 is 4.74 Å². The highest BCUT2D eigenvalue weighted by molar-refractivity contribution is 6.17. The van der Waals surface area contributed by atoms with Gasteiger partial charge in [0.2, 0.25) is 0 Å². The van der Waals surface area contributed by atoms with E-state index in [9.17, 15) is 0 Å². The van der Waals surface area contributed by atoms with E-state index in [1.54, 1.807) is 0 Å². The second kappa shape index (κ2) is 6.46. The van der Waals surface area contributed by atoms with E-state index < -0.39 is 0 Å². The topological polar surface area (TPSA) is 9.23 Å². The molecule has 0 aliphatic rings. The molecule has 2 heteroatoms. The number of hydrogen-bond acceptors (Lipinski definition) is 1. The van der Waals surface area contributed by atoms with E-state index in [4.69, 9.17) is 16.3 Å². The molecule has 0 spiro atoms. The fourth-order valence-electron chi connectivity index (χ4n) is 1.84. The van der Waals surface area contributed by atoms with Crippen molar-refractivity contribution in [3.05, 3.63) is 65.7 Å². The molecule has 2 rings (SSSR count). The van der Waals surface area contributed by atoms with Crippen LogP contribution in [0.15, 0.2) is 54.6 Å². The van der Waals surface area contributed by atoms with Crippen molar-refractivity contribution in [3.8, 4) is 5.75 Å². The molecule has 0 bridgehead atoms. The number of aryl methyl sites for hydroxylation is 1. The van der Waals surface area contributed by atoms with Gasteiger partial charge >= 0.3 is 0 Å².